The molecular weight excluding hydrogens is 316 g/mol. The summed E-state index contributed by atoms with van der Waals surface area (Å²) >= 11 is 0. The third kappa shape index (κ3) is 4.59. The Kier molecular flexibility index (Phi) is 5.98. The van der Waals surface area contributed by atoms with Crippen LogP contribution in [0.1, 0.15) is 37.7 Å². The first-order valence-electron chi connectivity index (χ1n) is 9.82. The van der Waals surface area contributed by atoms with Crippen molar-refractivity contribution >= 4 is 0 Å². The molecule has 3 atom stereocenters. The van der Waals surface area contributed by atoms with E-state index < -0.39 is 0 Å². The number of fused-ring (bicyclic) bond motifs is 1. The van der Waals surface area contributed by atoms with Crippen molar-refractivity contribution in [1.29, 1.82) is 0 Å². The van der Waals surface area contributed by atoms with Gasteiger partial charge in [-0.05, 0) is 55.7 Å². The molecule has 1 aromatic rings. The fourth-order valence-corrected chi connectivity index (χ4v) is 4.41. The van der Waals surface area contributed by atoms with Crippen molar-refractivity contribution in [2.45, 2.75) is 56.9 Å². The van der Waals surface area contributed by atoms with E-state index in [4.69, 9.17) is 14.2 Å². The number of hydrogen-bond donors (Lipinski definition) is 0. The van der Waals surface area contributed by atoms with Crippen LogP contribution < -0.4 is 0 Å². The van der Waals surface area contributed by atoms with E-state index in [-0.39, 0.29) is 6.10 Å². The highest BCUT2D eigenvalue weighted by molar-refractivity contribution is 5.10. The van der Waals surface area contributed by atoms with Crippen molar-refractivity contribution in [2.75, 3.05) is 33.0 Å². The third-order valence-corrected chi connectivity index (χ3v) is 5.88. The van der Waals surface area contributed by atoms with Gasteiger partial charge in [0.2, 0.25) is 0 Å². The lowest BCUT2D eigenvalue weighted by Crippen LogP contribution is -2.43. The van der Waals surface area contributed by atoms with E-state index in [0.29, 0.717) is 18.1 Å². The van der Waals surface area contributed by atoms with Crippen molar-refractivity contribution < 1.29 is 14.2 Å². The van der Waals surface area contributed by atoms with E-state index in [1.54, 1.807) is 0 Å². The molecule has 3 aliphatic rings. The van der Waals surface area contributed by atoms with Crippen LogP contribution in [0.2, 0.25) is 0 Å². The van der Waals surface area contributed by atoms with Gasteiger partial charge in [-0.3, -0.25) is 9.88 Å². The second-order valence-electron chi connectivity index (χ2n) is 7.65. The molecule has 3 saturated heterocycles. The van der Waals surface area contributed by atoms with E-state index in [1.165, 1.54) is 12.0 Å². The van der Waals surface area contributed by atoms with Gasteiger partial charge in [0.05, 0.1) is 18.8 Å². The zero-order chi connectivity index (χ0) is 16.9. The standard InChI is InChI=1S/C20H30N2O3/c1-2-19-20(5-10-22(19)13-16-3-8-21-9-4-16)25-18(1)15-24-14-17-6-11-23-12-7-17/h3-4,8-9,17-20H,1-2,5-7,10-15H2/t18-,19-,20-/m1/s1. The molecule has 25 heavy (non-hydrogen) atoms. The Bertz CT molecular complexity index is 521. The topological polar surface area (TPSA) is 43.8 Å². The Labute approximate surface area is 150 Å². The molecule has 0 saturated carbocycles. The smallest absolute Gasteiger partial charge is 0.0813 e. The molecule has 4 heterocycles. The van der Waals surface area contributed by atoms with Gasteiger partial charge in [0.25, 0.3) is 0 Å². The molecule has 0 aromatic carbocycles. The Morgan fingerprint density at radius 1 is 1.04 bits per heavy atom. The molecular formula is C20H30N2O3. The van der Waals surface area contributed by atoms with Crippen molar-refractivity contribution in [3.8, 4) is 0 Å². The molecule has 0 radical (unpaired) electrons. The molecule has 0 aliphatic carbocycles. The van der Waals surface area contributed by atoms with Gasteiger partial charge in [0, 0.05) is 51.3 Å². The van der Waals surface area contributed by atoms with Gasteiger partial charge < -0.3 is 14.2 Å². The van der Waals surface area contributed by atoms with Gasteiger partial charge in [0.1, 0.15) is 0 Å². The molecule has 0 N–H and O–H groups in total. The van der Waals surface area contributed by atoms with Gasteiger partial charge in [-0.25, -0.2) is 0 Å². The molecule has 3 fully saturated rings. The highest BCUT2D eigenvalue weighted by Crippen LogP contribution is 2.32. The molecule has 4 rings (SSSR count). The lowest BCUT2D eigenvalue weighted by atomic mass is 9.99. The Balaban J connectivity index is 1.20. The van der Waals surface area contributed by atoms with Gasteiger partial charge >= 0.3 is 0 Å². The number of ether oxygens (including phenoxy) is 3. The number of pyridine rings is 1. The van der Waals surface area contributed by atoms with Crippen LogP contribution in [-0.2, 0) is 20.8 Å². The van der Waals surface area contributed by atoms with E-state index in [1.807, 2.05) is 12.4 Å². The summed E-state index contributed by atoms with van der Waals surface area (Å²) in [5.74, 6) is 0.674. The minimum Gasteiger partial charge on any atom is -0.381 e. The fraction of sp³-hybridized carbons (Fsp3) is 0.750. The maximum atomic E-state index is 6.36. The summed E-state index contributed by atoms with van der Waals surface area (Å²) in [4.78, 5) is 6.69. The van der Waals surface area contributed by atoms with Crippen LogP contribution in [0, 0.1) is 5.92 Å². The zero-order valence-electron chi connectivity index (χ0n) is 15.0. The quantitative estimate of drug-likeness (QED) is 0.792. The van der Waals surface area contributed by atoms with Crippen LogP contribution in [0.5, 0.6) is 0 Å². The first kappa shape index (κ1) is 17.4. The minimum atomic E-state index is 0.280. The van der Waals surface area contributed by atoms with Crippen LogP contribution in [-0.4, -0.2) is 61.1 Å². The predicted molar refractivity (Wildman–Crippen MR) is 95.3 cm³/mol. The number of nitrogens with zero attached hydrogens (tertiary/aromatic N) is 2. The summed E-state index contributed by atoms with van der Waals surface area (Å²) in [6.45, 7) is 5.55. The van der Waals surface area contributed by atoms with Crippen molar-refractivity contribution in [2.24, 2.45) is 5.92 Å². The average Bonchev–Trinajstić information content (AvgIpc) is 3.06. The average molecular weight is 346 g/mol. The normalized spacial score (nSPS) is 31.1. The van der Waals surface area contributed by atoms with E-state index in [9.17, 15) is 0 Å². The second kappa shape index (κ2) is 8.58. The van der Waals surface area contributed by atoms with E-state index in [0.717, 1.165) is 65.2 Å². The highest BCUT2D eigenvalue weighted by atomic mass is 16.5. The number of likely N-dealkylation sites (tertiary alicyclic amines) is 1. The Morgan fingerprint density at radius 2 is 1.88 bits per heavy atom. The summed E-state index contributed by atoms with van der Waals surface area (Å²) in [6.07, 6.45) is 10.2. The molecule has 1 aromatic heterocycles. The van der Waals surface area contributed by atoms with Crippen LogP contribution in [0.15, 0.2) is 24.5 Å². The second-order valence-corrected chi connectivity index (χ2v) is 7.65. The molecule has 5 nitrogen and oxygen atoms in total. The molecule has 3 aliphatic heterocycles. The summed E-state index contributed by atoms with van der Waals surface area (Å²) in [6, 6.07) is 4.80. The number of rotatable bonds is 6. The van der Waals surface area contributed by atoms with Crippen LogP contribution >= 0.6 is 0 Å². The zero-order valence-corrected chi connectivity index (χ0v) is 15.0. The molecule has 0 spiro atoms. The lowest BCUT2D eigenvalue weighted by molar-refractivity contribution is -0.105. The van der Waals surface area contributed by atoms with Crippen molar-refractivity contribution in [3.05, 3.63) is 30.1 Å². The summed E-state index contributed by atoms with van der Waals surface area (Å²) in [5, 5.41) is 0. The summed E-state index contributed by atoms with van der Waals surface area (Å²) in [5.41, 5.74) is 1.34. The van der Waals surface area contributed by atoms with Crippen molar-refractivity contribution in [1.82, 2.24) is 9.88 Å². The summed E-state index contributed by atoms with van der Waals surface area (Å²) < 4.78 is 17.8. The SMILES string of the molecule is c1cc(CN2CC[C@H]3O[C@@H](COCC4CCOCC4)CC[C@H]32)ccn1. The fourth-order valence-electron chi connectivity index (χ4n) is 4.41. The van der Waals surface area contributed by atoms with E-state index >= 15 is 0 Å². The largest absolute Gasteiger partial charge is 0.381 e. The minimum absolute atomic E-state index is 0.280. The molecule has 138 valence electrons. The maximum absolute atomic E-state index is 6.36. The first-order valence-corrected chi connectivity index (χ1v) is 9.82. The van der Waals surface area contributed by atoms with E-state index in [2.05, 4.69) is 22.0 Å². The molecule has 0 bridgehead atoms. The monoisotopic (exact) mass is 346 g/mol. The predicted octanol–water partition coefficient (Wildman–Crippen LogP) is 2.65. The molecule has 0 unspecified atom stereocenters. The number of hydrogen-bond acceptors (Lipinski definition) is 5. The first-order chi connectivity index (χ1) is 12.4. The van der Waals surface area contributed by atoms with Gasteiger partial charge in [0.15, 0.2) is 0 Å². The van der Waals surface area contributed by atoms with Crippen LogP contribution in [0.25, 0.3) is 0 Å². The van der Waals surface area contributed by atoms with Gasteiger partial charge in [-0.1, -0.05) is 0 Å². The molecule has 5 heteroatoms. The number of aromatic nitrogens is 1. The third-order valence-electron chi connectivity index (χ3n) is 5.88. The van der Waals surface area contributed by atoms with Crippen LogP contribution in [0.3, 0.4) is 0 Å². The summed E-state index contributed by atoms with van der Waals surface area (Å²) in [7, 11) is 0. The maximum Gasteiger partial charge on any atom is 0.0813 e. The van der Waals surface area contributed by atoms with Gasteiger partial charge in [-0.2, -0.15) is 0 Å². The Morgan fingerprint density at radius 3 is 2.72 bits per heavy atom. The lowest BCUT2D eigenvalue weighted by Gasteiger charge is -2.36. The Hall–Kier alpha value is -1.01. The highest BCUT2D eigenvalue weighted by Gasteiger charge is 2.39. The van der Waals surface area contributed by atoms with Gasteiger partial charge in [-0.15, -0.1) is 0 Å². The molecule has 0 amide bonds. The van der Waals surface area contributed by atoms with Crippen molar-refractivity contribution in [3.63, 3.8) is 0 Å². The van der Waals surface area contributed by atoms with Crippen LogP contribution in [0.4, 0.5) is 0 Å².